The van der Waals surface area contributed by atoms with E-state index in [1.165, 1.54) is 0 Å². The highest BCUT2D eigenvalue weighted by atomic mass is 16.1. The maximum atomic E-state index is 11.5. The summed E-state index contributed by atoms with van der Waals surface area (Å²) >= 11 is 0. The van der Waals surface area contributed by atoms with Crippen LogP contribution in [0.2, 0.25) is 0 Å². The quantitative estimate of drug-likeness (QED) is 0.679. The normalized spacial score (nSPS) is 9.93. The van der Waals surface area contributed by atoms with Gasteiger partial charge in [-0.3, -0.25) is 9.78 Å². The number of carbonyl (C=O) groups excluding carboxylic acids is 1. The number of amides is 1. The summed E-state index contributed by atoms with van der Waals surface area (Å²) in [6.45, 7) is 4.57. The van der Waals surface area contributed by atoms with Gasteiger partial charge in [0.1, 0.15) is 0 Å². The van der Waals surface area contributed by atoms with Crippen molar-refractivity contribution in [2.24, 2.45) is 0 Å². The Labute approximate surface area is 90.1 Å². The number of rotatable bonds is 6. The van der Waals surface area contributed by atoms with Gasteiger partial charge in [0.05, 0.1) is 0 Å². The van der Waals surface area contributed by atoms with Gasteiger partial charge in [-0.2, -0.15) is 0 Å². The molecule has 0 bridgehead atoms. The number of carbonyl (C=O) groups is 1. The van der Waals surface area contributed by atoms with Gasteiger partial charge in [0, 0.05) is 31.0 Å². The number of hydrogen-bond acceptors (Lipinski definition) is 3. The SMILES string of the molecule is CCCNCCNC(=O)c1ccncc1. The molecule has 0 aliphatic rings. The van der Waals surface area contributed by atoms with Crippen molar-refractivity contribution in [3.05, 3.63) is 30.1 Å². The van der Waals surface area contributed by atoms with Crippen LogP contribution in [0.1, 0.15) is 23.7 Å². The van der Waals surface area contributed by atoms with Crippen molar-refractivity contribution in [1.29, 1.82) is 0 Å². The van der Waals surface area contributed by atoms with E-state index in [0.717, 1.165) is 19.5 Å². The Balaban J connectivity index is 2.20. The standard InChI is InChI=1S/C11H17N3O/c1-2-5-12-8-9-14-11(15)10-3-6-13-7-4-10/h3-4,6-7,12H,2,5,8-9H2,1H3,(H,14,15). The van der Waals surface area contributed by atoms with E-state index in [-0.39, 0.29) is 5.91 Å². The average molecular weight is 207 g/mol. The van der Waals surface area contributed by atoms with E-state index in [4.69, 9.17) is 0 Å². The van der Waals surface area contributed by atoms with Crippen LogP contribution in [0.4, 0.5) is 0 Å². The topological polar surface area (TPSA) is 54.0 Å². The third-order valence-corrected chi connectivity index (χ3v) is 1.96. The average Bonchev–Trinajstić information content (AvgIpc) is 2.30. The number of nitrogens with zero attached hydrogens (tertiary/aromatic N) is 1. The van der Waals surface area contributed by atoms with Crippen LogP contribution in [0, 0.1) is 0 Å². The van der Waals surface area contributed by atoms with Crippen molar-refractivity contribution in [2.75, 3.05) is 19.6 Å². The second-order valence-corrected chi connectivity index (χ2v) is 3.24. The van der Waals surface area contributed by atoms with Gasteiger partial charge in [-0.25, -0.2) is 0 Å². The molecule has 0 aromatic carbocycles. The van der Waals surface area contributed by atoms with Crippen molar-refractivity contribution >= 4 is 5.91 Å². The number of aromatic nitrogens is 1. The number of hydrogen-bond donors (Lipinski definition) is 2. The molecule has 2 N–H and O–H groups in total. The molecule has 0 spiro atoms. The summed E-state index contributed by atoms with van der Waals surface area (Å²) in [5.41, 5.74) is 0.653. The molecule has 0 unspecified atom stereocenters. The van der Waals surface area contributed by atoms with Crippen molar-refractivity contribution in [3.8, 4) is 0 Å². The van der Waals surface area contributed by atoms with Crippen molar-refractivity contribution in [3.63, 3.8) is 0 Å². The van der Waals surface area contributed by atoms with Gasteiger partial charge in [-0.1, -0.05) is 6.92 Å². The molecule has 4 nitrogen and oxygen atoms in total. The fraction of sp³-hybridized carbons (Fsp3) is 0.455. The fourth-order valence-electron chi connectivity index (χ4n) is 1.17. The summed E-state index contributed by atoms with van der Waals surface area (Å²) in [7, 11) is 0. The number of nitrogens with one attached hydrogen (secondary N) is 2. The molecule has 0 aliphatic carbocycles. The Kier molecular flexibility index (Phi) is 5.40. The maximum absolute atomic E-state index is 11.5. The van der Waals surface area contributed by atoms with Crippen LogP contribution in [0.3, 0.4) is 0 Å². The number of pyridine rings is 1. The lowest BCUT2D eigenvalue weighted by molar-refractivity contribution is 0.0954. The maximum Gasteiger partial charge on any atom is 0.251 e. The molecule has 0 atom stereocenters. The van der Waals surface area contributed by atoms with Crippen molar-refractivity contribution in [1.82, 2.24) is 15.6 Å². The molecule has 0 saturated heterocycles. The Morgan fingerprint density at radius 1 is 1.27 bits per heavy atom. The van der Waals surface area contributed by atoms with E-state index in [0.29, 0.717) is 12.1 Å². The predicted molar refractivity (Wildman–Crippen MR) is 59.7 cm³/mol. The second kappa shape index (κ2) is 6.95. The Hall–Kier alpha value is -1.42. The first kappa shape index (κ1) is 11.7. The molecule has 0 saturated carbocycles. The first-order valence-electron chi connectivity index (χ1n) is 5.23. The van der Waals surface area contributed by atoms with Crippen LogP contribution < -0.4 is 10.6 Å². The smallest absolute Gasteiger partial charge is 0.251 e. The molecule has 0 aliphatic heterocycles. The van der Waals surface area contributed by atoms with Crippen LogP contribution >= 0.6 is 0 Å². The molecule has 82 valence electrons. The van der Waals surface area contributed by atoms with Crippen LogP contribution in [-0.2, 0) is 0 Å². The zero-order valence-electron chi connectivity index (χ0n) is 8.99. The first-order valence-corrected chi connectivity index (χ1v) is 5.23. The molecular formula is C11H17N3O. The van der Waals surface area contributed by atoms with Crippen molar-refractivity contribution in [2.45, 2.75) is 13.3 Å². The molecule has 1 amide bonds. The third kappa shape index (κ3) is 4.56. The first-order chi connectivity index (χ1) is 7.34. The highest BCUT2D eigenvalue weighted by molar-refractivity contribution is 5.93. The molecule has 1 aromatic heterocycles. The largest absolute Gasteiger partial charge is 0.351 e. The van der Waals surface area contributed by atoms with E-state index in [9.17, 15) is 4.79 Å². The van der Waals surface area contributed by atoms with Gasteiger partial charge in [-0.15, -0.1) is 0 Å². The van der Waals surface area contributed by atoms with Crippen LogP contribution in [-0.4, -0.2) is 30.5 Å². The lowest BCUT2D eigenvalue weighted by Crippen LogP contribution is -2.32. The summed E-state index contributed by atoms with van der Waals surface area (Å²) < 4.78 is 0. The summed E-state index contributed by atoms with van der Waals surface area (Å²) in [6.07, 6.45) is 4.34. The Morgan fingerprint density at radius 2 is 2.00 bits per heavy atom. The van der Waals surface area contributed by atoms with E-state index in [1.54, 1.807) is 24.5 Å². The lowest BCUT2D eigenvalue weighted by atomic mass is 10.2. The van der Waals surface area contributed by atoms with E-state index in [1.807, 2.05) is 0 Å². The molecule has 1 rings (SSSR count). The molecule has 0 radical (unpaired) electrons. The minimum atomic E-state index is -0.0456. The monoisotopic (exact) mass is 207 g/mol. The molecule has 15 heavy (non-hydrogen) atoms. The Bertz CT molecular complexity index is 287. The predicted octanol–water partition coefficient (Wildman–Crippen LogP) is 0.811. The van der Waals surface area contributed by atoms with E-state index in [2.05, 4.69) is 22.5 Å². The molecule has 4 heteroatoms. The third-order valence-electron chi connectivity index (χ3n) is 1.96. The second-order valence-electron chi connectivity index (χ2n) is 3.24. The summed E-state index contributed by atoms with van der Waals surface area (Å²) in [5.74, 6) is -0.0456. The van der Waals surface area contributed by atoms with Gasteiger partial charge >= 0.3 is 0 Å². The van der Waals surface area contributed by atoms with Gasteiger partial charge in [0.2, 0.25) is 0 Å². The van der Waals surface area contributed by atoms with Gasteiger partial charge < -0.3 is 10.6 Å². The highest BCUT2D eigenvalue weighted by Crippen LogP contribution is 1.94. The lowest BCUT2D eigenvalue weighted by Gasteiger charge is -2.05. The van der Waals surface area contributed by atoms with Crippen LogP contribution in [0.15, 0.2) is 24.5 Å². The van der Waals surface area contributed by atoms with Gasteiger partial charge in [-0.05, 0) is 25.1 Å². The van der Waals surface area contributed by atoms with Crippen molar-refractivity contribution < 1.29 is 4.79 Å². The zero-order chi connectivity index (χ0) is 10.9. The molecule has 0 fully saturated rings. The van der Waals surface area contributed by atoms with Crippen LogP contribution in [0.25, 0.3) is 0 Å². The minimum absolute atomic E-state index is 0.0456. The minimum Gasteiger partial charge on any atom is -0.351 e. The summed E-state index contributed by atoms with van der Waals surface area (Å²) in [6, 6.07) is 3.41. The van der Waals surface area contributed by atoms with Crippen LogP contribution in [0.5, 0.6) is 0 Å². The highest BCUT2D eigenvalue weighted by Gasteiger charge is 2.02. The van der Waals surface area contributed by atoms with Gasteiger partial charge in [0.15, 0.2) is 0 Å². The molecule has 1 heterocycles. The summed E-state index contributed by atoms with van der Waals surface area (Å²) in [5, 5.41) is 6.04. The molecule has 1 aromatic rings. The summed E-state index contributed by atoms with van der Waals surface area (Å²) in [4.78, 5) is 15.4. The van der Waals surface area contributed by atoms with E-state index >= 15 is 0 Å². The Morgan fingerprint density at radius 3 is 2.67 bits per heavy atom. The fourth-order valence-corrected chi connectivity index (χ4v) is 1.17. The zero-order valence-corrected chi connectivity index (χ0v) is 8.99. The van der Waals surface area contributed by atoms with Gasteiger partial charge in [0.25, 0.3) is 5.91 Å². The molecular weight excluding hydrogens is 190 g/mol. The van der Waals surface area contributed by atoms with E-state index < -0.39 is 0 Å².